The van der Waals surface area contributed by atoms with Crippen LogP contribution in [0.5, 0.6) is 0 Å². The van der Waals surface area contributed by atoms with Gasteiger partial charge >= 0.3 is 0 Å². The van der Waals surface area contributed by atoms with Gasteiger partial charge in [0, 0.05) is 13.5 Å². The second-order valence-corrected chi connectivity index (χ2v) is 7.34. The number of hydrogen-bond donors (Lipinski definition) is 1. The number of fused-ring (bicyclic) bond motifs is 1. The van der Waals surface area contributed by atoms with E-state index in [2.05, 4.69) is 37.4 Å². The van der Waals surface area contributed by atoms with Gasteiger partial charge in [0.1, 0.15) is 0 Å². The van der Waals surface area contributed by atoms with Crippen molar-refractivity contribution in [1.82, 2.24) is 5.32 Å². The van der Waals surface area contributed by atoms with E-state index >= 15 is 0 Å². The maximum Gasteiger partial charge on any atom is 0.219 e. The Balaban J connectivity index is 1.74. The highest BCUT2D eigenvalue weighted by molar-refractivity contribution is 5.75. The van der Waals surface area contributed by atoms with Gasteiger partial charge in [-0.3, -0.25) is 4.79 Å². The lowest BCUT2D eigenvalue weighted by Crippen LogP contribution is -2.28. The van der Waals surface area contributed by atoms with Crippen molar-refractivity contribution < 1.29 is 4.79 Å². The van der Waals surface area contributed by atoms with Crippen molar-refractivity contribution in [2.75, 3.05) is 7.05 Å². The Bertz CT molecular complexity index is 423. The van der Waals surface area contributed by atoms with Gasteiger partial charge in [-0.2, -0.15) is 0 Å². The Morgan fingerprint density at radius 3 is 2.73 bits per heavy atom. The molecule has 4 atom stereocenters. The zero-order valence-electron chi connectivity index (χ0n) is 14.6. The van der Waals surface area contributed by atoms with Crippen LogP contribution in [0, 0.1) is 23.7 Å². The van der Waals surface area contributed by atoms with E-state index in [1.807, 2.05) is 0 Å². The van der Waals surface area contributed by atoms with E-state index in [0.29, 0.717) is 6.42 Å². The minimum Gasteiger partial charge on any atom is -0.359 e. The molecule has 0 aliphatic heterocycles. The summed E-state index contributed by atoms with van der Waals surface area (Å²) in [5, 5.41) is 2.70. The van der Waals surface area contributed by atoms with E-state index in [1.54, 1.807) is 12.6 Å². The van der Waals surface area contributed by atoms with Gasteiger partial charge in [-0.25, -0.2) is 0 Å². The number of nitrogens with one attached hydrogen (secondary N) is 1. The van der Waals surface area contributed by atoms with E-state index in [4.69, 9.17) is 0 Å². The smallest absolute Gasteiger partial charge is 0.219 e. The van der Waals surface area contributed by atoms with Crippen LogP contribution in [0.25, 0.3) is 0 Å². The molecule has 0 spiro atoms. The molecule has 0 bridgehead atoms. The molecule has 0 saturated heterocycles. The van der Waals surface area contributed by atoms with Crippen LogP contribution in [-0.2, 0) is 4.79 Å². The highest BCUT2D eigenvalue weighted by Gasteiger charge is 2.32. The zero-order chi connectivity index (χ0) is 15.9. The summed E-state index contributed by atoms with van der Waals surface area (Å²) in [7, 11) is 1.72. The summed E-state index contributed by atoms with van der Waals surface area (Å²) < 4.78 is 0. The van der Waals surface area contributed by atoms with E-state index in [9.17, 15) is 4.79 Å². The summed E-state index contributed by atoms with van der Waals surface area (Å²) in [6.45, 7) is 4.73. The normalized spacial score (nSPS) is 30.6. The summed E-state index contributed by atoms with van der Waals surface area (Å²) in [4.78, 5) is 11.2. The molecule has 0 saturated carbocycles. The molecule has 0 heterocycles. The molecule has 2 heteroatoms. The second kappa shape index (κ2) is 8.55. The molecule has 1 N–H and O–H groups in total. The Morgan fingerprint density at radius 2 is 1.95 bits per heavy atom. The molecule has 0 aromatic carbocycles. The first-order valence-corrected chi connectivity index (χ1v) is 9.22. The molecule has 2 aliphatic carbocycles. The average molecular weight is 303 g/mol. The molecular weight excluding hydrogens is 270 g/mol. The summed E-state index contributed by atoms with van der Waals surface area (Å²) in [6.07, 6.45) is 16.9. The van der Waals surface area contributed by atoms with Gasteiger partial charge in [0.05, 0.1) is 0 Å². The Labute approximate surface area is 136 Å². The Kier molecular flexibility index (Phi) is 6.72. The first-order chi connectivity index (χ1) is 10.6. The van der Waals surface area contributed by atoms with Gasteiger partial charge in [-0.05, 0) is 54.9 Å². The standard InChI is InChI=1S/C20H33NO/c1-15-10-13-19-17(14-15)12-11-16(2)18(19)8-6-4-5-7-9-20(22)21-3/h11-12,14-16,18-19H,4-10,13H2,1-3H3,(H,21,22)/t15-,16?,18?,19?/m1/s1. The number of hydrogen-bond acceptors (Lipinski definition) is 1. The topological polar surface area (TPSA) is 29.1 Å². The Morgan fingerprint density at radius 1 is 1.18 bits per heavy atom. The lowest BCUT2D eigenvalue weighted by Gasteiger charge is -2.38. The van der Waals surface area contributed by atoms with E-state index in [-0.39, 0.29) is 5.91 Å². The number of carbonyl (C=O) groups is 1. The van der Waals surface area contributed by atoms with Gasteiger partial charge in [0.25, 0.3) is 0 Å². The van der Waals surface area contributed by atoms with Crippen molar-refractivity contribution in [1.29, 1.82) is 0 Å². The van der Waals surface area contributed by atoms with Crippen molar-refractivity contribution in [2.24, 2.45) is 23.7 Å². The zero-order valence-corrected chi connectivity index (χ0v) is 14.6. The quantitative estimate of drug-likeness (QED) is 0.668. The SMILES string of the molecule is CNC(=O)CCCCCCC1C(C)C=CC2=C[C@H](C)CCC21. The van der Waals surface area contributed by atoms with Crippen molar-refractivity contribution in [3.05, 3.63) is 23.8 Å². The van der Waals surface area contributed by atoms with Gasteiger partial charge in [0.15, 0.2) is 0 Å². The monoisotopic (exact) mass is 303 g/mol. The number of carbonyl (C=O) groups excluding carboxylic acids is 1. The maximum absolute atomic E-state index is 11.2. The van der Waals surface area contributed by atoms with Crippen molar-refractivity contribution in [3.63, 3.8) is 0 Å². The lowest BCUT2D eigenvalue weighted by atomic mass is 9.67. The largest absolute Gasteiger partial charge is 0.359 e. The maximum atomic E-state index is 11.2. The van der Waals surface area contributed by atoms with Crippen molar-refractivity contribution in [2.45, 2.75) is 65.2 Å². The number of rotatable bonds is 7. The van der Waals surface area contributed by atoms with Gasteiger partial charge in [-0.15, -0.1) is 0 Å². The van der Waals surface area contributed by atoms with Crippen LogP contribution >= 0.6 is 0 Å². The van der Waals surface area contributed by atoms with Crippen LogP contribution in [0.3, 0.4) is 0 Å². The molecule has 2 aliphatic rings. The summed E-state index contributed by atoms with van der Waals surface area (Å²) >= 11 is 0. The molecule has 2 rings (SSSR count). The van der Waals surface area contributed by atoms with Crippen LogP contribution in [-0.4, -0.2) is 13.0 Å². The van der Waals surface area contributed by atoms with Crippen molar-refractivity contribution in [3.8, 4) is 0 Å². The predicted molar refractivity (Wildman–Crippen MR) is 93.5 cm³/mol. The molecule has 124 valence electrons. The first kappa shape index (κ1) is 17.3. The number of unbranched alkanes of at least 4 members (excludes halogenated alkanes) is 3. The van der Waals surface area contributed by atoms with Gasteiger partial charge < -0.3 is 5.32 Å². The van der Waals surface area contributed by atoms with E-state index in [1.165, 1.54) is 38.5 Å². The minimum absolute atomic E-state index is 0.178. The molecule has 0 fully saturated rings. The molecule has 3 unspecified atom stereocenters. The fourth-order valence-corrected chi connectivity index (χ4v) is 4.17. The molecule has 1 amide bonds. The molecule has 22 heavy (non-hydrogen) atoms. The van der Waals surface area contributed by atoms with Crippen LogP contribution in [0.4, 0.5) is 0 Å². The van der Waals surface area contributed by atoms with Crippen LogP contribution in [0.1, 0.15) is 65.2 Å². The average Bonchev–Trinajstić information content (AvgIpc) is 2.52. The highest BCUT2D eigenvalue weighted by atomic mass is 16.1. The summed E-state index contributed by atoms with van der Waals surface area (Å²) in [6, 6.07) is 0. The Hall–Kier alpha value is -1.05. The highest BCUT2D eigenvalue weighted by Crippen LogP contribution is 2.43. The van der Waals surface area contributed by atoms with Crippen LogP contribution in [0.2, 0.25) is 0 Å². The fraction of sp³-hybridized carbons (Fsp3) is 0.750. The van der Waals surface area contributed by atoms with Gasteiger partial charge in [0.2, 0.25) is 5.91 Å². The van der Waals surface area contributed by atoms with E-state index in [0.717, 1.165) is 30.1 Å². The number of amides is 1. The third-order valence-corrected chi connectivity index (χ3v) is 5.59. The summed E-state index contributed by atoms with van der Waals surface area (Å²) in [5.74, 6) is 3.30. The fourth-order valence-electron chi connectivity index (χ4n) is 4.17. The predicted octanol–water partition coefficient (Wildman–Crippen LogP) is 4.87. The molecule has 0 aromatic rings. The molecular formula is C20H33NO. The molecule has 2 nitrogen and oxygen atoms in total. The molecule has 0 aromatic heterocycles. The summed E-state index contributed by atoms with van der Waals surface area (Å²) in [5.41, 5.74) is 1.61. The van der Waals surface area contributed by atoms with Crippen LogP contribution in [0.15, 0.2) is 23.8 Å². The first-order valence-electron chi connectivity index (χ1n) is 9.22. The third kappa shape index (κ3) is 4.72. The van der Waals surface area contributed by atoms with Gasteiger partial charge in [-0.1, -0.05) is 51.3 Å². The van der Waals surface area contributed by atoms with Crippen molar-refractivity contribution >= 4 is 5.91 Å². The molecule has 0 radical (unpaired) electrons. The third-order valence-electron chi connectivity index (χ3n) is 5.59. The lowest BCUT2D eigenvalue weighted by molar-refractivity contribution is -0.120. The van der Waals surface area contributed by atoms with Crippen LogP contribution < -0.4 is 5.32 Å². The van der Waals surface area contributed by atoms with E-state index < -0.39 is 0 Å². The minimum atomic E-state index is 0.178. The second-order valence-electron chi connectivity index (χ2n) is 7.34. The number of allylic oxidation sites excluding steroid dienone is 4.